The van der Waals surface area contributed by atoms with Crippen molar-refractivity contribution in [2.75, 3.05) is 35.5 Å². The van der Waals surface area contributed by atoms with Crippen molar-refractivity contribution >= 4 is 21.0 Å². The second-order valence-electron chi connectivity index (χ2n) is 4.22. The molecule has 116 valence electrons. The van der Waals surface area contributed by atoms with E-state index < -0.39 is 17.5 Å². The van der Waals surface area contributed by atoms with Crippen molar-refractivity contribution in [3.63, 3.8) is 0 Å². The van der Waals surface area contributed by atoms with Crippen LogP contribution < -0.4 is 0 Å². The summed E-state index contributed by atoms with van der Waals surface area (Å²) in [7, 11) is 12.9. The van der Waals surface area contributed by atoms with Gasteiger partial charge in [-0.25, -0.2) is 0 Å². The average Bonchev–Trinajstić information content (AvgIpc) is 2.48. The highest BCUT2D eigenvalue weighted by molar-refractivity contribution is 6.00. The van der Waals surface area contributed by atoms with Crippen LogP contribution >= 0.6 is 0 Å². The molecule has 20 heavy (non-hydrogen) atoms. The molecular weight excluding hydrogens is 300 g/mol. The molecule has 0 N–H and O–H groups in total. The Morgan fingerprint density at radius 1 is 0.700 bits per heavy atom. The molecule has 0 saturated carbocycles. The normalized spacial score (nSPS) is 14.1. The van der Waals surface area contributed by atoms with Crippen LogP contribution in [0.5, 0.6) is 0 Å². The first-order valence-electron chi connectivity index (χ1n) is 5.82. The van der Waals surface area contributed by atoms with Gasteiger partial charge >= 0.3 is 11.8 Å². The zero-order chi connectivity index (χ0) is 16.0. The predicted molar refractivity (Wildman–Crippen MR) is 71.8 cm³/mol. The highest BCUT2D eigenvalue weighted by Crippen LogP contribution is 2.46. The smallest absolute Gasteiger partial charge is 0.326 e. The van der Waals surface area contributed by atoms with E-state index in [9.17, 15) is 0 Å². The van der Waals surface area contributed by atoms with Crippen LogP contribution in [0.25, 0.3) is 0 Å². The van der Waals surface area contributed by atoms with Crippen molar-refractivity contribution in [1.29, 1.82) is 0 Å². The van der Waals surface area contributed by atoms with Crippen LogP contribution in [0.3, 0.4) is 0 Å². The van der Waals surface area contributed by atoms with E-state index in [0.717, 1.165) is 0 Å². The van der Waals surface area contributed by atoms with Gasteiger partial charge in [-0.1, -0.05) is 13.8 Å². The van der Waals surface area contributed by atoms with Crippen molar-refractivity contribution in [2.24, 2.45) is 5.92 Å². The van der Waals surface area contributed by atoms with Gasteiger partial charge < -0.3 is 32.5 Å². The Bertz CT molecular complexity index is 268. The van der Waals surface area contributed by atoms with E-state index in [1.165, 1.54) is 35.5 Å². The third kappa shape index (κ3) is 2.62. The van der Waals surface area contributed by atoms with E-state index in [1.807, 2.05) is 13.8 Å². The third-order valence-electron chi connectivity index (χ3n) is 3.34. The molecule has 0 rings (SSSR count). The standard InChI is InChI=1S/C11H22O7Si2/c1-8(2)9(12-3,13-4)10(14-5,15-6)11(16-7,17-19)18-20/h8H,1-7H3. The summed E-state index contributed by atoms with van der Waals surface area (Å²) < 4.78 is 37.7. The largest absolute Gasteiger partial charge is 0.367 e. The maximum Gasteiger partial charge on any atom is 0.326 e. The van der Waals surface area contributed by atoms with Gasteiger partial charge in [-0.2, -0.15) is 0 Å². The topological polar surface area (TPSA) is 64.6 Å². The SMILES string of the molecule is COC(O[Si])(O[Si])C(OC)(OC)C(OC)(OC)C(C)C. The number of hydrogen-bond acceptors (Lipinski definition) is 7. The maximum absolute atomic E-state index is 5.55. The predicted octanol–water partition coefficient (Wildman–Crippen LogP) is 0.121. The van der Waals surface area contributed by atoms with E-state index in [0.29, 0.717) is 0 Å². The van der Waals surface area contributed by atoms with Crippen LogP contribution in [0.4, 0.5) is 0 Å². The van der Waals surface area contributed by atoms with Crippen LogP contribution in [-0.4, -0.2) is 74.1 Å². The van der Waals surface area contributed by atoms with Crippen LogP contribution in [0, 0.1) is 5.92 Å². The number of methoxy groups -OCH3 is 5. The van der Waals surface area contributed by atoms with Crippen molar-refractivity contribution in [3.05, 3.63) is 0 Å². The molecule has 0 heterocycles. The summed E-state index contributed by atoms with van der Waals surface area (Å²) in [6, 6.07) is 0. The second kappa shape index (κ2) is 7.96. The second-order valence-corrected chi connectivity index (χ2v) is 4.63. The molecule has 7 nitrogen and oxygen atoms in total. The summed E-state index contributed by atoms with van der Waals surface area (Å²) in [6.07, 6.45) is 0. The van der Waals surface area contributed by atoms with E-state index >= 15 is 0 Å². The van der Waals surface area contributed by atoms with Gasteiger partial charge in [-0.05, 0) is 0 Å². The molecule has 0 aliphatic heterocycles. The van der Waals surface area contributed by atoms with Crippen molar-refractivity contribution in [1.82, 2.24) is 0 Å². The summed E-state index contributed by atoms with van der Waals surface area (Å²) >= 11 is 0. The first-order chi connectivity index (χ1) is 9.37. The van der Waals surface area contributed by atoms with Crippen LogP contribution in [0.2, 0.25) is 0 Å². The minimum atomic E-state index is -1.86. The zero-order valence-electron chi connectivity index (χ0n) is 12.9. The van der Waals surface area contributed by atoms with Crippen LogP contribution in [-0.2, 0) is 32.5 Å². The average molecular weight is 322 g/mol. The summed E-state index contributed by atoms with van der Waals surface area (Å²) in [5.41, 5.74) is 0. The Kier molecular flexibility index (Phi) is 8.02. The third-order valence-corrected chi connectivity index (χ3v) is 3.88. The van der Waals surface area contributed by atoms with Crippen molar-refractivity contribution in [2.45, 2.75) is 31.4 Å². The molecule has 6 radical (unpaired) electrons. The van der Waals surface area contributed by atoms with Gasteiger partial charge in [-0.3, -0.25) is 0 Å². The van der Waals surface area contributed by atoms with E-state index in [1.54, 1.807) is 0 Å². The van der Waals surface area contributed by atoms with Gasteiger partial charge in [0.05, 0.1) is 0 Å². The fourth-order valence-electron chi connectivity index (χ4n) is 2.41. The molecule has 0 saturated heterocycles. The summed E-state index contributed by atoms with van der Waals surface area (Å²) in [6.45, 7) is 3.73. The minimum absolute atomic E-state index is 0.212. The number of rotatable bonds is 10. The van der Waals surface area contributed by atoms with Crippen molar-refractivity contribution in [3.8, 4) is 0 Å². The lowest BCUT2D eigenvalue weighted by Gasteiger charge is -2.54. The summed E-state index contributed by atoms with van der Waals surface area (Å²) in [4.78, 5) is 0. The van der Waals surface area contributed by atoms with Gasteiger partial charge in [-0.15, -0.1) is 0 Å². The molecule has 0 aromatic heterocycles. The lowest BCUT2D eigenvalue weighted by Crippen LogP contribution is -2.75. The highest BCUT2D eigenvalue weighted by Gasteiger charge is 2.71. The Balaban J connectivity index is 6.29. The van der Waals surface area contributed by atoms with E-state index in [-0.39, 0.29) is 5.92 Å². The molecule has 0 aromatic rings. The van der Waals surface area contributed by atoms with Gasteiger partial charge in [0.2, 0.25) is 5.79 Å². The molecular formula is C11H22O7Si2. The molecule has 0 aliphatic carbocycles. The molecule has 0 fully saturated rings. The fraction of sp³-hybridized carbons (Fsp3) is 1.00. The zero-order valence-corrected chi connectivity index (χ0v) is 14.9. The highest BCUT2D eigenvalue weighted by atomic mass is 28.2. The monoisotopic (exact) mass is 322 g/mol. The van der Waals surface area contributed by atoms with Gasteiger partial charge in [0.15, 0.2) is 0 Å². The lowest BCUT2D eigenvalue weighted by molar-refractivity contribution is -0.516. The van der Waals surface area contributed by atoms with Crippen molar-refractivity contribution < 1.29 is 32.5 Å². The first-order valence-corrected chi connectivity index (χ1v) is 6.64. The summed E-state index contributed by atoms with van der Waals surface area (Å²) in [5, 5.41) is 0. The molecule has 0 bridgehead atoms. The Labute approximate surface area is 127 Å². The number of hydrogen-bond donors (Lipinski definition) is 0. The summed E-state index contributed by atoms with van der Waals surface area (Å²) in [5.74, 6) is -5.20. The van der Waals surface area contributed by atoms with Gasteiger partial charge in [0.1, 0.15) is 0 Å². The van der Waals surface area contributed by atoms with Crippen LogP contribution in [0.15, 0.2) is 0 Å². The first kappa shape index (κ1) is 20.2. The lowest BCUT2D eigenvalue weighted by atomic mass is 9.90. The minimum Gasteiger partial charge on any atom is -0.367 e. The van der Waals surface area contributed by atoms with Gasteiger partial charge in [0, 0.05) is 41.5 Å². The molecule has 0 atom stereocenters. The molecule has 0 spiro atoms. The molecule has 0 aromatic carbocycles. The molecule has 0 aliphatic rings. The van der Waals surface area contributed by atoms with E-state index in [4.69, 9.17) is 32.5 Å². The quantitative estimate of drug-likeness (QED) is 0.418. The Morgan fingerprint density at radius 3 is 1.25 bits per heavy atom. The number of ether oxygens (including phenoxy) is 5. The maximum atomic E-state index is 5.55. The van der Waals surface area contributed by atoms with Gasteiger partial charge in [0.25, 0.3) is 21.0 Å². The Morgan fingerprint density at radius 2 is 1.10 bits per heavy atom. The fourth-order valence-corrected chi connectivity index (χ4v) is 3.01. The van der Waals surface area contributed by atoms with E-state index in [2.05, 4.69) is 21.0 Å². The molecule has 9 heteroatoms. The Hall–Kier alpha value is 0.154. The molecule has 0 unspecified atom stereocenters. The molecule has 0 amide bonds. The van der Waals surface area contributed by atoms with Crippen LogP contribution in [0.1, 0.15) is 13.8 Å².